The molecule has 0 aliphatic carbocycles. The van der Waals surface area contributed by atoms with Crippen molar-refractivity contribution in [2.45, 2.75) is 32.1 Å². The summed E-state index contributed by atoms with van der Waals surface area (Å²) in [5.41, 5.74) is 1.10. The molecule has 1 aromatic carbocycles. The van der Waals surface area contributed by atoms with Crippen LogP contribution in [0.5, 0.6) is 0 Å². The Balaban J connectivity index is 2.20. The van der Waals surface area contributed by atoms with E-state index in [1.807, 2.05) is 30.3 Å². The first kappa shape index (κ1) is 15.1. The highest BCUT2D eigenvalue weighted by Gasteiger charge is 2.42. The van der Waals surface area contributed by atoms with Gasteiger partial charge in [-0.15, -0.1) is 0 Å². The summed E-state index contributed by atoms with van der Waals surface area (Å²) in [6.07, 6.45) is 0.852. The minimum atomic E-state index is -0.436. The van der Waals surface area contributed by atoms with Crippen molar-refractivity contribution in [3.05, 3.63) is 35.9 Å². The molecule has 0 radical (unpaired) electrons. The monoisotopic (exact) mass is 291 g/mol. The number of hydrogen-bond acceptors (Lipinski definition) is 4. The molecule has 0 saturated carbocycles. The lowest BCUT2D eigenvalue weighted by molar-refractivity contribution is -0.131. The van der Waals surface area contributed by atoms with Crippen LogP contribution in [0.4, 0.5) is 0 Å². The summed E-state index contributed by atoms with van der Waals surface area (Å²) in [4.78, 5) is 11.5. The van der Waals surface area contributed by atoms with E-state index in [1.165, 1.54) is 0 Å². The van der Waals surface area contributed by atoms with Gasteiger partial charge in [-0.3, -0.25) is 4.79 Å². The molecule has 1 aromatic rings. The average molecular weight is 291 g/mol. The zero-order chi connectivity index (χ0) is 14.6. The number of nitrogens with one attached hydrogen (secondary N) is 1. The third-order valence-electron chi connectivity index (χ3n) is 3.31. The molecule has 1 unspecified atom stereocenters. The molecule has 20 heavy (non-hydrogen) atoms. The number of benzene rings is 1. The topological polar surface area (TPSA) is 44.7 Å². The number of rotatable bonds is 5. The summed E-state index contributed by atoms with van der Waals surface area (Å²) in [7, 11) is 0. The van der Waals surface area contributed by atoms with Gasteiger partial charge < -0.3 is 5.32 Å². The minimum Gasteiger partial charge on any atom is -0.317 e. The number of hydrazone groups is 1. The van der Waals surface area contributed by atoms with Crippen molar-refractivity contribution in [3.63, 3.8) is 0 Å². The Hall–Kier alpha value is -1.33. The largest absolute Gasteiger partial charge is 0.317 e. The molecule has 0 bridgehead atoms. The molecule has 5 heteroatoms. The van der Waals surface area contributed by atoms with Crippen molar-refractivity contribution in [1.29, 1.82) is 0 Å². The molecule has 108 valence electrons. The molecule has 1 aliphatic heterocycles. The minimum absolute atomic E-state index is 0.0256. The summed E-state index contributed by atoms with van der Waals surface area (Å²) in [6.45, 7) is 7.54. The molecule has 0 spiro atoms. The Morgan fingerprint density at radius 3 is 2.70 bits per heavy atom. The second kappa shape index (κ2) is 6.41. The number of carbonyl (C=O) groups excluding carboxylic acids is 1. The maximum Gasteiger partial charge on any atom is 0.241 e. The van der Waals surface area contributed by atoms with E-state index in [1.54, 1.807) is 23.7 Å². The van der Waals surface area contributed by atoms with E-state index in [-0.39, 0.29) is 5.91 Å². The van der Waals surface area contributed by atoms with Gasteiger partial charge >= 0.3 is 0 Å². The van der Waals surface area contributed by atoms with Gasteiger partial charge in [0, 0.05) is 19.9 Å². The third kappa shape index (κ3) is 3.04. The van der Waals surface area contributed by atoms with Crippen LogP contribution in [0.2, 0.25) is 0 Å². The molecule has 0 fully saturated rings. The zero-order valence-corrected chi connectivity index (χ0v) is 13.0. The Morgan fingerprint density at radius 2 is 2.10 bits per heavy atom. The fourth-order valence-electron chi connectivity index (χ4n) is 2.27. The van der Waals surface area contributed by atoms with Crippen LogP contribution in [0.15, 0.2) is 35.4 Å². The van der Waals surface area contributed by atoms with Gasteiger partial charge in [0.05, 0.1) is 5.04 Å². The maximum absolute atomic E-state index is 11.9. The highest BCUT2D eigenvalue weighted by molar-refractivity contribution is 8.14. The van der Waals surface area contributed by atoms with Gasteiger partial charge in [0.25, 0.3) is 0 Å². The Kier molecular flexibility index (Phi) is 4.83. The quantitative estimate of drug-likeness (QED) is 0.848. The van der Waals surface area contributed by atoms with Gasteiger partial charge in [0.2, 0.25) is 5.91 Å². The number of thioether (sulfide) groups is 1. The predicted octanol–water partition coefficient (Wildman–Crippen LogP) is 2.77. The standard InChI is InChI=1S/C15H21N3OS/c1-4-16-11-10-14-17-18(12(2)19)15(3,20-14)13-8-6-5-7-9-13/h5-9,16H,4,10-11H2,1-3H3. The second-order valence-corrected chi connectivity index (χ2v) is 6.35. The first-order valence-corrected chi connectivity index (χ1v) is 7.73. The van der Waals surface area contributed by atoms with Crippen molar-refractivity contribution < 1.29 is 4.79 Å². The van der Waals surface area contributed by atoms with E-state index in [2.05, 4.69) is 24.3 Å². The van der Waals surface area contributed by atoms with Crippen LogP contribution in [0.1, 0.15) is 32.8 Å². The zero-order valence-electron chi connectivity index (χ0n) is 12.2. The molecule has 1 N–H and O–H groups in total. The molecule has 1 heterocycles. The van der Waals surface area contributed by atoms with Gasteiger partial charge in [-0.1, -0.05) is 49.0 Å². The molecule has 4 nitrogen and oxygen atoms in total. The molecule has 0 saturated heterocycles. The molecular weight excluding hydrogens is 270 g/mol. The van der Waals surface area contributed by atoms with E-state index in [4.69, 9.17) is 0 Å². The molecule has 2 rings (SSSR count). The summed E-state index contributed by atoms with van der Waals surface area (Å²) in [5, 5.41) is 10.4. The highest BCUT2D eigenvalue weighted by atomic mass is 32.2. The van der Waals surface area contributed by atoms with Crippen molar-refractivity contribution in [1.82, 2.24) is 10.3 Å². The van der Waals surface area contributed by atoms with Crippen LogP contribution in [0, 0.1) is 0 Å². The van der Waals surface area contributed by atoms with Crippen LogP contribution in [-0.4, -0.2) is 29.0 Å². The van der Waals surface area contributed by atoms with Gasteiger partial charge in [-0.05, 0) is 19.0 Å². The van der Waals surface area contributed by atoms with Crippen molar-refractivity contribution in [3.8, 4) is 0 Å². The molecule has 1 aliphatic rings. The summed E-state index contributed by atoms with van der Waals surface area (Å²) >= 11 is 1.67. The van der Waals surface area contributed by atoms with Crippen LogP contribution in [0.3, 0.4) is 0 Å². The van der Waals surface area contributed by atoms with Crippen molar-refractivity contribution in [2.24, 2.45) is 5.10 Å². The Labute approximate surface area is 124 Å². The summed E-state index contributed by atoms with van der Waals surface area (Å²) in [6, 6.07) is 10.1. The van der Waals surface area contributed by atoms with Crippen LogP contribution in [0.25, 0.3) is 0 Å². The lowest BCUT2D eigenvalue weighted by Crippen LogP contribution is -2.37. The lowest BCUT2D eigenvalue weighted by Gasteiger charge is -2.31. The van der Waals surface area contributed by atoms with Gasteiger partial charge in [0.1, 0.15) is 4.87 Å². The van der Waals surface area contributed by atoms with Crippen LogP contribution >= 0.6 is 11.8 Å². The van der Waals surface area contributed by atoms with Gasteiger partial charge in [-0.25, -0.2) is 5.01 Å². The molecule has 1 amide bonds. The lowest BCUT2D eigenvalue weighted by atomic mass is 10.1. The predicted molar refractivity (Wildman–Crippen MR) is 84.5 cm³/mol. The number of hydrogen-bond donors (Lipinski definition) is 1. The van der Waals surface area contributed by atoms with E-state index in [9.17, 15) is 4.79 Å². The first-order chi connectivity index (χ1) is 9.58. The SMILES string of the molecule is CCNCCC1=NN(C(C)=O)C(C)(c2ccccc2)S1. The third-order valence-corrected chi connectivity index (χ3v) is 4.63. The van der Waals surface area contributed by atoms with E-state index < -0.39 is 4.87 Å². The Morgan fingerprint density at radius 1 is 1.40 bits per heavy atom. The normalized spacial score (nSPS) is 21.9. The van der Waals surface area contributed by atoms with Crippen LogP contribution < -0.4 is 5.32 Å². The number of nitrogens with zero attached hydrogens (tertiary/aromatic N) is 2. The average Bonchev–Trinajstić information content (AvgIpc) is 2.79. The number of carbonyl (C=O) groups is 1. The van der Waals surface area contributed by atoms with E-state index in [0.29, 0.717) is 0 Å². The number of amides is 1. The van der Waals surface area contributed by atoms with Crippen LogP contribution in [-0.2, 0) is 9.67 Å². The van der Waals surface area contributed by atoms with E-state index >= 15 is 0 Å². The van der Waals surface area contributed by atoms with Gasteiger partial charge in [-0.2, -0.15) is 5.10 Å². The van der Waals surface area contributed by atoms with Gasteiger partial charge in [0.15, 0.2) is 0 Å². The summed E-state index contributed by atoms with van der Waals surface area (Å²) in [5.74, 6) is -0.0256. The highest BCUT2D eigenvalue weighted by Crippen LogP contribution is 2.45. The first-order valence-electron chi connectivity index (χ1n) is 6.91. The molecule has 1 atom stereocenters. The molecular formula is C15H21N3OS. The maximum atomic E-state index is 11.9. The van der Waals surface area contributed by atoms with E-state index in [0.717, 1.165) is 30.1 Å². The van der Waals surface area contributed by atoms with Crippen molar-refractivity contribution >= 4 is 22.7 Å². The second-order valence-electron chi connectivity index (χ2n) is 4.88. The fourth-order valence-corrected chi connectivity index (χ4v) is 3.57. The fraction of sp³-hybridized carbons (Fsp3) is 0.467. The Bertz CT molecular complexity index is 503. The molecule has 0 aromatic heterocycles. The summed E-state index contributed by atoms with van der Waals surface area (Å²) < 4.78 is 0. The smallest absolute Gasteiger partial charge is 0.241 e. The van der Waals surface area contributed by atoms with Crippen molar-refractivity contribution in [2.75, 3.05) is 13.1 Å².